The Labute approximate surface area is 173 Å². The highest BCUT2D eigenvalue weighted by atomic mass is 32.2. The van der Waals surface area contributed by atoms with Crippen molar-refractivity contribution in [1.29, 1.82) is 0 Å². The molecule has 0 bridgehead atoms. The Hall–Kier alpha value is -1.78. The third kappa shape index (κ3) is 6.68. The zero-order chi connectivity index (χ0) is 19.8. The van der Waals surface area contributed by atoms with Crippen LogP contribution in [0.4, 0.5) is 0 Å². The molecule has 28 heavy (non-hydrogen) atoms. The van der Waals surface area contributed by atoms with E-state index in [1.807, 2.05) is 34.9 Å². The molecule has 1 amide bonds. The first kappa shape index (κ1) is 20.9. The Morgan fingerprint density at radius 3 is 2.57 bits per heavy atom. The average Bonchev–Trinajstić information content (AvgIpc) is 2.70. The van der Waals surface area contributed by atoms with E-state index in [4.69, 9.17) is 4.74 Å². The molecular weight excluding hydrogens is 366 g/mol. The van der Waals surface area contributed by atoms with Crippen LogP contribution in [0.5, 0.6) is 0 Å². The second-order valence-electron chi connectivity index (χ2n) is 7.84. The number of benzene rings is 2. The lowest BCUT2D eigenvalue weighted by molar-refractivity contribution is -0.132. The highest BCUT2D eigenvalue weighted by Gasteiger charge is 2.23. The Kier molecular flexibility index (Phi) is 7.99. The van der Waals surface area contributed by atoms with Gasteiger partial charge in [-0.25, -0.2) is 0 Å². The van der Waals surface area contributed by atoms with Gasteiger partial charge in [0.15, 0.2) is 0 Å². The lowest BCUT2D eigenvalue weighted by Crippen LogP contribution is -2.41. The van der Waals surface area contributed by atoms with Crippen molar-refractivity contribution in [2.24, 2.45) is 5.92 Å². The molecule has 3 rings (SSSR count). The molecule has 1 atom stereocenters. The number of thioether (sulfide) groups is 1. The summed E-state index contributed by atoms with van der Waals surface area (Å²) in [5.41, 5.74) is 2.30. The molecule has 150 valence electrons. The molecule has 1 aliphatic heterocycles. The third-order valence-electron chi connectivity index (χ3n) is 4.99. The second-order valence-corrected chi connectivity index (χ2v) is 9.49. The first-order chi connectivity index (χ1) is 13.6. The molecule has 0 aromatic heterocycles. The van der Waals surface area contributed by atoms with E-state index in [9.17, 15) is 4.79 Å². The molecule has 1 heterocycles. The summed E-state index contributed by atoms with van der Waals surface area (Å²) in [6.07, 6.45) is 2.69. The van der Waals surface area contributed by atoms with Crippen LogP contribution in [0.2, 0.25) is 0 Å². The molecule has 1 aliphatic rings. The SMILES string of the molecule is CC(C)Sc1ccc(CC(=O)N2CCCC(COCc3ccccc3)C2)cc1. The summed E-state index contributed by atoms with van der Waals surface area (Å²) >= 11 is 1.85. The summed E-state index contributed by atoms with van der Waals surface area (Å²) < 4.78 is 5.91. The maximum Gasteiger partial charge on any atom is 0.226 e. The Morgan fingerprint density at radius 2 is 1.86 bits per heavy atom. The number of ether oxygens (including phenoxy) is 1. The molecule has 1 unspecified atom stereocenters. The Morgan fingerprint density at radius 1 is 1.11 bits per heavy atom. The number of carbonyl (C=O) groups excluding carboxylic acids is 1. The van der Waals surface area contributed by atoms with Crippen molar-refractivity contribution in [1.82, 2.24) is 4.90 Å². The third-order valence-corrected chi connectivity index (χ3v) is 6.00. The molecule has 3 nitrogen and oxygen atoms in total. The van der Waals surface area contributed by atoms with Gasteiger partial charge in [-0.3, -0.25) is 4.79 Å². The fraction of sp³-hybridized carbons (Fsp3) is 0.458. The molecular formula is C24H31NO2S. The van der Waals surface area contributed by atoms with E-state index in [1.165, 1.54) is 10.5 Å². The van der Waals surface area contributed by atoms with Crippen molar-refractivity contribution in [2.75, 3.05) is 19.7 Å². The van der Waals surface area contributed by atoms with Gasteiger partial charge in [0.2, 0.25) is 5.91 Å². The predicted octanol–water partition coefficient (Wildman–Crippen LogP) is 5.19. The van der Waals surface area contributed by atoms with Crippen LogP contribution in [0.25, 0.3) is 0 Å². The van der Waals surface area contributed by atoms with Gasteiger partial charge in [-0.15, -0.1) is 11.8 Å². The molecule has 0 N–H and O–H groups in total. The van der Waals surface area contributed by atoms with Crippen LogP contribution in [0.3, 0.4) is 0 Å². The van der Waals surface area contributed by atoms with Crippen LogP contribution in [-0.2, 0) is 22.6 Å². The molecule has 0 radical (unpaired) electrons. The van der Waals surface area contributed by atoms with Gasteiger partial charge in [-0.05, 0) is 42.0 Å². The van der Waals surface area contributed by atoms with E-state index < -0.39 is 0 Å². The zero-order valence-corrected chi connectivity index (χ0v) is 17.8. The van der Waals surface area contributed by atoms with Gasteiger partial charge < -0.3 is 9.64 Å². The highest BCUT2D eigenvalue weighted by Crippen LogP contribution is 2.23. The van der Waals surface area contributed by atoms with Crippen LogP contribution in [0, 0.1) is 5.92 Å². The maximum absolute atomic E-state index is 12.8. The molecule has 0 spiro atoms. The van der Waals surface area contributed by atoms with Gasteiger partial charge in [0.05, 0.1) is 19.6 Å². The average molecular weight is 398 g/mol. The van der Waals surface area contributed by atoms with Crippen molar-refractivity contribution in [3.63, 3.8) is 0 Å². The van der Waals surface area contributed by atoms with E-state index >= 15 is 0 Å². The largest absolute Gasteiger partial charge is 0.376 e. The van der Waals surface area contributed by atoms with E-state index in [0.717, 1.165) is 38.1 Å². The summed E-state index contributed by atoms with van der Waals surface area (Å²) in [7, 11) is 0. The normalized spacial score (nSPS) is 17.1. The number of rotatable bonds is 8. The van der Waals surface area contributed by atoms with Crippen molar-refractivity contribution in [3.8, 4) is 0 Å². The van der Waals surface area contributed by atoms with E-state index in [0.29, 0.717) is 24.2 Å². The first-order valence-electron chi connectivity index (χ1n) is 10.2. The number of hydrogen-bond donors (Lipinski definition) is 0. The zero-order valence-electron chi connectivity index (χ0n) is 17.0. The smallest absolute Gasteiger partial charge is 0.226 e. The number of nitrogens with zero attached hydrogens (tertiary/aromatic N) is 1. The van der Waals surface area contributed by atoms with E-state index in [-0.39, 0.29) is 5.91 Å². The summed E-state index contributed by atoms with van der Waals surface area (Å²) in [4.78, 5) is 16.0. The standard InChI is InChI=1S/C24H31NO2S/c1-19(2)28-23-12-10-20(11-13-23)15-24(26)25-14-6-9-22(16-25)18-27-17-21-7-4-3-5-8-21/h3-5,7-8,10-13,19,22H,6,9,14-18H2,1-2H3. The van der Waals surface area contributed by atoms with Crippen molar-refractivity contribution >= 4 is 17.7 Å². The minimum absolute atomic E-state index is 0.233. The number of hydrogen-bond acceptors (Lipinski definition) is 3. The molecule has 0 saturated carbocycles. The molecule has 2 aromatic rings. The maximum atomic E-state index is 12.8. The minimum Gasteiger partial charge on any atom is -0.376 e. The first-order valence-corrected chi connectivity index (χ1v) is 11.1. The molecule has 1 saturated heterocycles. The van der Waals surface area contributed by atoms with Crippen molar-refractivity contribution in [2.45, 2.75) is 49.9 Å². The van der Waals surface area contributed by atoms with Gasteiger partial charge in [0.1, 0.15) is 0 Å². The van der Waals surface area contributed by atoms with Crippen molar-refractivity contribution in [3.05, 3.63) is 65.7 Å². The van der Waals surface area contributed by atoms with Crippen LogP contribution < -0.4 is 0 Å². The van der Waals surface area contributed by atoms with Crippen LogP contribution in [0.15, 0.2) is 59.5 Å². The summed E-state index contributed by atoms with van der Waals surface area (Å²) in [6.45, 7) is 7.44. The van der Waals surface area contributed by atoms with Crippen LogP contribution in [0.1, 0.15) is 37.8 Å². The van der Waals surface area contributed by atoms with Gasteiger partial charge in [0, 0.05) is 23.2 Å². The number of carbonyl (C=O) groups is 1. The second kappa shape index (κ2) is 10.7. The molecule has 2 aromatic carbocycles. The molecule has 0 aliphatic carbocycles. The lowest BCUT2D eigenvalue weighted by atomic mass is 9.98. The highest BCUT2D eigenvalue weighted by molar-refractivity contribution is 7.99. The fourth-order valence-corrected chi connectivity index (χ4v) is 4.43. The van der Waals surface area contributed by atoms with Gasteiger partial charge >= 0.3 is 0 Å². The number of likely N-dealkylation sites (tertiary alicyclic amines) is 1. The summed E-state index contributed by atoms with van der Waals surface area (Å²) in [5.74, 6) is 0.670. The monoisotopic (exact) mass is 397 g/mol. The van der Waals surface area contributed by atoms with Crippen LogP contribution >= 0.6 is 11.8 Å². The van der Waals surface area contributed by atoms with Gasteiger partial charge in [0.25, 0.3) is 0 Å². The summed E-state index contributed by atoms with van der Waals surface area (Å²) in [5, 5.41) is 0.571. The fourth-order valence-electron chi connectivity index (χ4n) is 3.59. The number of piperidine rings is 1. The number of amides is 1. The predicted molar refractivity (Wildman–Crippen MR) is 117 cm³/mol. The Balaban J connectivity index is 1.44. The van der Waals surface area contributed by atoms with Gasteiger partial charge in [-0.1, -0.05) is 56.3 Å². The van der Waals surface area contributed by atoms with E-state index in [2.05, 4.69) is 50.2 Å². The lowest BCUT2D eigenvalue weighted by Gasteiger charge is -2.32. The summed E-state index contributed by atoms with van der Waals surface area (Å²) in [6, 6.07) is 18.7. The van der Waals surface area contributed by atoms with E-state index in [1.54, 1.807) is 0 Å². The Bertz CT molecular complexity index is 730. The van der Waals surface area contributed by atoms with Crippen LogP contribution in [-0.4, -0.2) is 35.8 Å². The van der Waals surface area contributed by atoms with Gasteiger partial charge in [-0.2, -0.15) is 0 Å². The minimum atomic E-state index is 0.233. The topological polar surface area (TPSA) is 29.5 Å². The quantitative estimate of drug-likeness (QED) is 0.575. The van der Waals surface area contributed by atoms with Crippen molar-refractivity contribution < 1.29 is 9.53 Å². The molecule has 1 fully saturated rings. The molecule has 4 heteroatoms.